The van der Waals surface area contributed by atoms with Crippen LogP contribution in [-0.4, -0.2) is 33.8 Å². The van der Waals surface area contributed by atoms with Gasteiger partial charge in [0.15, 0.2) is 11.8 Å². The van der Waals surface area contributed by atoms with Crippen molar-refractivity contribution in [3.8, 4) is 18.0 Å². The fourth-order valence-electron chi connectivity index (χ4n) is 1.80. The minimum absolute atomic E-state index is 0. The summed E-state index contributed by atoms with van der Waals surface area (Å²) in [6.07, 6.45) is 6.92. The highest BCUT2D eigenvalue weighted by Crippen LogP contribution is 2.09. The molecule has 0 saturated carbocycles. The maximum Gasteiger partial charge on any atom is 0.192 e. The molecule has 0 atom stereocenters. The molecule has 0 radical (unpaired) electrons. The highest BCUT2D eigenvalue weighted by molar-refractivity contribution is 14.0. The van der Waals surface area contributed by atoms with E-state index in [1.54, 1.807) is 6.33 Å². The van der Waals surface area contributed by atoms with Crippen LogP contribution in [0.1, 0.15) is 12.7 Å². The van der Waals surface area contributed by atoms with Gasteiger partial charge in [0.25, 0.3) is 0 Å². The van der Waals surface area contributed by atoms with E-state index in [1.807, 2.05) is 41.8 Å². The first-order valence-corrected chi connectivity index (χ1v) is 6.75. The molecule has 1 heterocycles. The lowest BCUT2D eigenvalue weighted by atomic mass is 10.3. The molecule has 0 bridgehead atoms. The second-order valence-corrected chi connectivity index (χ2v) is 4.21. The molecule has 0 fully saturated rings. The molecule has 116 valence electrons. The van der Waals surface area contributed by atoms with Gasteiger partial charge in [-0.25, -0.2) is 4.99 Å². The van der Waals surface area contributed by atoms with Gasteiger partial charge in [0, 0.05) is 12.2 Å². The van der Waals surface area contributed by atoms with Crippen LogP contribution in [0.3, 0.4) is 0 Å². The van der Waals surface area contributed by atoms with Gasteiger partial charge in [-0.2, -0.15) is 0 Å². The zero-order chi connectivity index (χ0) is 14.9. The molecule has 7 heteroatoms. The molecule has 0 saturated heterocycles. The summed E-state index contributed by atoms with van der Waals surface area (Å²) in [6, 6.07) is 9.91. The molecule has 22 heavy (non-hydrogen) atoms. The van der Waals surface area contributed by atoms with E-state index >= 15 is 0 Å². The average molecular weight is 410 g/mol. The van der Waals surface area contributed by atoms with Crippen molar-refractivity contribution in [1.29, 1.82) is 0 Å². The lowest BCUT2D eigenvalue weighted by Gasteiger charge is -2.09. The molecule has 0 spiro atoms. The van der Waals surface area contributed by atoms with Crippen LogP contribution in [0.15, 0.2) is 41.7 Å². The number of halogens is 1. The smallest absolute Gasteiger partial charge is 0.192 e. The third-order valence-corrected chi connectivity index (χ3v) is 2.73. The lowest BCUT2D eigenvalue weighted by molar-refractivity contribution is 0.820. The van der Waals surface area contributed by atoms with Gasteiger partial charge >= 0.3 is 0 Å². The zero-order valence-electron chi connectivity index (χ0n) is 12.4. The van der Waals surface area contributed by atoms with Crippen LogP contribution in [0.5, 0.6) is 0 Å². The second kappa shape index (κ2) is 9.78. The number of aromatic nitrogens is 3. The highest BCUT2D eigenvalue weighted by Gasteiger charge is 2.05. The zero-order valence-corrected chi connectivity index (χ0v) is 14.7. The van der Waals surface area contributed by atoms with E-state index in [-0.39, 0.29) is 24.0 Å². The fraction of sp³-hybridized carbons (Fsp3) is 0.267. The topological polar surface area (TPSA) is 67.1 Å². The molecule has 2 N–H and O–H groups in total. The second-order valence-electron chi connectivity index (χ2n) is 4.21. The lowest BCUT2D eigenvalue weighted by Crippen LogP contribution is -2.37. The van der Waals surface area contributed by atoms with Crippen molar-refractivity contribution < 1.29 is 0 Å². The van der Waals surface area contributed by atoms with Crippen LogP contribution in [-0.2, 0) is 6.54 Å². The van der Waals surface area contributed by atoms with Crippen molar-refractivity contribution in [2.75, 3.05) is 13.1 Å². The monoisotopic (exact) mass is 410 g/mol. The van der Waals surface area contributed by atoms with E-state index in [2.05, 4.69) is 31.7 Å². The quantitative estimate of drug-likeness (QED) is 0.340. The Balaban J connectivity index is 0.00000242. The number of nitrogens with zero attached hydrogens (tertiary/aromatic N) is 4. The van der Waals surface area contributed by atoms with Crippen LogP contribution in [0.25, 0.3) is 5.69 Å². The molecule has 0 unspecified atom stereocenters. The van der Waals surface area contributed by atoms with Crippen LogP contribution in [0.4, 0.5) is 0 Å². The molecular formula is C15H19IN6. The maximum absolute atomic E-state index is 5.24. The minimum atomic E-state index is 0. The molecule has 1 aromatic heterocycles. The Morgan fingerprint density at radius 1 is 1.32 bits per heavy atom. The number of aliphatic imine (C=N–C) groups is 1. The van der Waals surface area contributed by atoms with Crippen LogP contribution >= 0.6 is 24.0 Å². The number of rotatable bonds is 5. The van der Waals surface area contributed by atoms with E-state index in [0.717, 1.165) is 18.1 Å². The Morgan fingerprint density at radius 3 is 2.77 bits per heavy atom. The Hall–Kier alpha value is -2.08. The first-order chi connectivity index (χ1) is 10.3. The Labute approximate surface area is 147 Å². The van der Waals surface area contributed by atoms with Gasteiger partial charge in [0.05, 0.1) is 6.54 Å². The predicted molar refractivity (Wildman–Crippen MR) is 98.4 cm³/mol. The summed E-state index contributed by atoms with van der Waals surface area (Å²) in [4.78, 5) is 4.46. The number of benzene rings is 1. The number of hydrogen-bond donors (Lipinski definition) is 2. The van der Waals surface area contributed by atoms with Gasteiger partial charge < -0.3 is 10.6 Å². The molecular weight excluding hydrogens is 391 g/mol. The molecule has 0 aliphatic heterocycles. The SMILES string of the molecule is C#CCNC(=NCc1nncn1-c1ccccc1)NCC.I. The van der Waals surface area contributed by atoms with Gasteiger partial charge in [-0.15, -0.1) is 40.6 Å². The fourth-order valence-corrected chi connectivity index (χ4v) is 1.80. The van der Waals surface area contributed by atoms with Crippen molar-refractivity contribution >= 4 is 29.9 Å². The first kappa shape index (κ1) is 18.0. The summed E-state index contributed by atoms with van der Waals surface area (Å²) in [5.74, 6) is 3.95. The minimum Gasteiger partial charge on any atom is -0.357 e. The van der Waals surface area contributed by atoms with E-state index in [1.165, 1.54) is 0 Å². The van der Waals surface area contributed by atoms with Gasteiger partial charge in [-0.05, 0) is 19.1 Å². The standard InChI is InChI=1S/C15H18N6.HI/c1-3-10-17-15(16-4-2)18-11-14-20-19-12-21(14)13-8-6-5-7-9-13;/h1,5-9,12H,4,10-11H2,2H3,(H2,16,17,18);1H. The Kier molecular flexibility index (Phi) is 7.99. The summed E-state index contributed by atoms with van der Waals surface area (Å²) in [5, 5.41) is 14.2. The van der Waals surface area contributed by atoms with Crippen molar-refractivity contribution in [2.24, 2.45) is 4.99 Å². The van der Waals surface area contributed by atoms with Crippen molar-refractivity contribution in [1.82, 2.24) is 25.4 Å². The predicted octanol–water partition coefficient (Wildman–Crippen LogP) is 1.57. The third kappa shape index (κ3) is 5.04. The maximum atomic E-state index is 5.24. The van der Waals surface area contributed by atoms with Crippen LogP contribution < -0.4 is 10.6 Å². The third-order valence-electron chi connectivity index (χ3n) is 2.73. The van der Waals surface area contributed by atoms with Crippen LogP contribution in [0.2, 0.25) is 0 Å². The largest absolute Gasteiger partial charge is 0.357 e. The Bertz CT molecular complexity index is 629. The Morgan fingerprint density at radius 2 is 2.09 bits per heavy atom. The van der Waals surface area contributed by atoms with E-state index in [0.29, 0.717) is 19.0 Å². The summed E-state index contributed by atoms with van der Waals surface area (Å²) in [5.41, 5.74) is 1.01. The molecule has 0 aliphatic rings. The van der Waals surface area contributed by atoms with Crippen molar-refractivity contribution in [2.45, 2.75) is 13.5 Å². The summed E-state index contributed by atoms with van der Waals surface area (Å²) < 4.78 is 1.91. The first-order valence-electron chi connectivity index (χ1n) is 6.75. The van der Waals surface area contributed by atoms with Gasteiger partial charge in [-0.1, -0.05) is 24.1 Å². The molecule has 6 nitrogen and oxygen atoms in total. The number of guanidine groups is 1. The van der Waals surface area contributed by atoms with Gasteiger partial charge in [0.1, 0.15) is 12.9 Å². The van der Waals surface area contributed by atoms with E-state index in [9.17, 15) is 0 Å². The molecule has 2 aromatic rings. The highest BCUT2D eigenvalue weighted by atomic mass is 127. The van der Waals surface area contributed by atoms with Gasteiger partial charge in [-0.3, -0.25) is 4.57 Å². The van der Waals surface area contributed by atoms with E-state index < -0.39 is 0 Å². The summed E-state index contributed by atoms with van der Waals surface area (Å²) in [7, 11) is 0. The van der Waals surface area contributed by atoms with E-state index in [4.69, 9.17) is 6.42 Å². The number of nitrogens with one attached hydrogen (secondary N) is 2. The van der Waals surface area contributed by atoms with Crippen LogP contribution in [0, 0.1) is 12.3 Å². The normalized spacial score (nSPS) is 10.5. The van der Waals surface area contributed by atoms with Crippen molar-refractivity contribution in [3.05, 3.63) is 42.5 Å². The molecule has 2 rings (SSSR count). The number of hydrogen-bond acceptors (Lipinski definition) is 3. The average Bonchev–Trinajstić information content (AvgIpc) is 2.99. The van der Waals surface area contributed by atoms with Gasteiger partial charge in [0.2, 0.25) is 0 Å². The molecule has 1 aromatic carbocycles. The number of para-hydroxylation sites is 1. The molecule has 0 amide bonds. The summed E-state index contributed by atoms with van der Waals surface area (Å²) >= 11 is 0. The van der Waals surface area contributed by atoms with Crippen molar-refractivity contribution in [3.63, 3.8) is 0 Å². The molecule has 0 aliphatic carbocycles. The summed E-state index contributed by atoms with van der Waals surface area (Å²) in [6.45, 7) is 3.60. The number of terminal acetylenes is 1.